The molecule has 0 heterocycles. The summed E-state index contributed by atoms with van der Waals surface area (Å²) >= 11 is 0. The molecule has 0 bridgehead atoms. The van der Waals surface area contributed by atoms with Crippen molar-refractivity contribution in [3.63, 3.8) is 0 Å². The van der Waals surface area contributed by atoms with E-state index in [1.54, 1.807) is 0 Å². The molecule has 1 atom stereocenters. The van der Waals surface area contributed by atoms with Gasteiger partial charge < -0.3 is 9.53 Å². The summed E-state index contributed by atoms with van der Waals surface area (Å²) in [5, 5.41) is 11.7. The van der Waals surface area contributed by atoms with Crippen LogP contribution in [0, 0.1) is 0 Å². The largest absolute Gasteiger partial charge is 0.404 e. The number of hydrogen-bond acceptors (Lipinski definition) is 2. The van der Waals surface area contributed by atoms with Gasteiger partial charge in [-0.2, -0.15) is 0 Å². The molecule has 0 aliphatic rings. The van der Waals surface area contributed by atoms with Crippen LogP contribution in [0.1, 0.15) is 61.7 Å². The summed E-state index contributed by atoms with van der Waals surface area (Å²) in [5.41, 5.74) is 2.57. The molecule has 2 aromatic rings. The van der Waals surface area contributed by atoms with Crippen LogP contribution in [0.3, 0.4) is 0 Å². The molecular formula is C28H40O2Si. The Bertz CT molecular complexity index is 828. The highest BCUT2D eigenvalue weighted by Crippen LogP contribution is 2.36. The highest BCUT2D eigenvalue weighted by atomic mass is 28.4. The number of rotatable bonds is 11. The van der Waals surface area contributed by atoms with Crippen molar-refractivity contribution >= 4 is 18.7 Å². The van der Waals surface area contributed by atoms with Crippen LogP contribution in [-0.4, -0.2) is 26.6 Å². The number of benzene rings is 2. The second-order valence-electron chi connectivity index (χ2n) is 9.34. The van der Waals surface area contributed by atoms with E-state index in [-0.39, 0.29) is 5.04 Å². The summed E-state index contributed by atoms with van der Waals surface area (Å²) in [6.45, 7) is 10.8. The molecule has 0 aliphatic heterocycles. The zero-order valence-electron chi connectivity index (χ0n) is 20.9. The van der Waals surface area contributed by atoms with Crippen molar-refractivity contribution in [3.05, 3.63) is 84.0 Å². The van der Waals surface area contributed by atoms with Crippen LogP contribution < -0.4 is 10.4 Å². The third-order valence-electron chi connectivity index (χ3n) is 5.85. The standard InChI is InChI=1S/C28H40O2Si/c1-24(16-13-22-29)14-12-15-25(2)21-23-30-31(28(3,4)5,26-17-8-6-9-18-26)27-19-10-7-11-20-27/h6-11,14,17-21,29H,12-13,15-16,22-23H2,1-5H3/b24-14+,25-21+/i22T. The second-order valence-corrected chi connectivity index (χ2v) is 13.6. The molecule has 3 heteroatoms. The molecule has 0 saturated heterocycles. The second kappa shape index (κ2) is 12.2. The molecule has 1 N–H and O–H groups in total. The first-order chi connectivity index (χ1) is 15.2. The van der Waals surface area contributed by atoms with Crippen molar-refractivity contribution in [3.8, 4) is 0 Å². The smallest absolute Gasteiger partial charge is 0.261 e. The van der Waals surface area contributed by atoms with Gasteiger partial charge in [0, 0.05) is 6.58 Å². The van der Waals surface area contributed by atoms with Crippen molar-refractivity contribution in [2.45, 2.75) is 65.3 Å². The summed E-state index contributed by atoms with van der Waals surface area (Å²) in [6, 6.07) is 21.5. The number of aliphatic hydroxyl groups is 1. The van der Waals surface area contributed by atoms with Gasteiger partial charge in [-0.05, 0) is 54.9 Å². The first-order valence-electron chi connectivity index (χ1n) is 11.9. The summed E-state index contributed by atoms with van der Waals surface area (Å²) in [6.07, 6.45) is 7.71. The van der Waals surface area contributed by atoms with Gasteiger partial charge in [0.15, 0.2) is 0 Å². The van der Waals surface area contributed by atoms with Crippen LogP contribution in [0.2, 0.25) is 5.04 Å². The summed E-state index contributed by atoms with van der Waals surface area (Å²) in [7, 11) is -2.48. The number of allylic oxidation sites excluding steroid dienone is 3. The Balaban J connectivity index is 2.17. The zero-order chi connectivity index (χ0) is 23.6. The van der Waals surface area contributed by atoms with E-state index < -0.39 is 14.9 Å². The normalized spacial score (nSPS) is 15.0. The van der Waals surface area contributed by atoms with Crippen LogP contribution in [0.4, 0.5) is 0 Å². The number of hydrogen-bond donors (Lipinski definition) is 1. The Hall–Kier alpha value is -1.94. The molecule has 0 spiro atoms. The van der Waals surface area contributed by atoms with E-state index in [1.165, 1.54) is 21.5 Å². The van der Waals surface area contributed by atoms with E-state index in [9.17, 15) is 0 Å². The average molecular weight is 439 g/mol. The third-order valence-corrected chi connectivity index (χ3v) is 10.9. The Morgan fingerprint density at radius 2 is 1.42 bits per heavy atom. The van der Waals surface area contributed by atoms with Gasteiger partial charge in [0.25, 0.3) is 8.32 Å². The fourth-order valence-corrected chi connectivity index (χ4v) is 8.60. The molecule has 0 amide bonds. The summed E-state index contributed by atoms with van der Waals surface area (Å²) < 4.78 is 14.1. The lowest BCUT2D eigenvalue weighted by molar-refractivity contribution is 0.288. The predicted octanol–water partition coefficient (Wildman–Crippen LogP) is 6.01. The van der Waals surface area contributed by atoms with Crippen molar-refractivity contribution < 1.29 is 10.9 Å². The van der Waals surface area contributed by atoms with Crippen LogP contribution in [0.15, 0.2) is 84.0 Å². The molecule has 2 nitrogen and oxygen atoms in total. The fourth-order valence-electron chi connectivity index (χ4n) is 4.11. The predicted molar refractivity (Wildman–Crippen MR) is 137 cm³/mol. The molecule has 2 aromatic carbocycles. The van der Waals surface area contributed by atoms with Gasteiger partial charge in [-0.1, -0.05) is 105 Å². The van der Waals surface area contributed by atoms with Gasteiger partial charge >= 0.3 is 0 Å². The summed E-state index contributed by atoms with van der Waals surface area (Å²) in [5.74, 6) is 0. The average Bonchev–Trinajstić information content (AvgIpc) is 2.75. The van der Waals surface area contributed by atoms with Crippen molar-refractivity contribution in [2.75, 3.05) is 13.2 Å². The first-order valence-corrected chi connectivity index (χ1v) is 13.2. The van der Waals surface area contributed by atoms with Crippen molar-refractivity contribution in [1.82, 2.24) is 0 Å². The third kappa shape index (κ3) is 7.03. The molecule has 31 heavy (non-hydrogen) atoms. The maximum Gasteiger partial charge on any atom is 0.261 e. The molecule has 0 saturated carbocycles. The minimum Gasteiger partial charge on any atom is -0.404 e. The van der Waals surface area contributed by atoms with Gasteiger partial charge in [-0.15, -0.1) is 0 Å². The Labute approximate surface area is 192 Å². The highest BCUT2D eigenvalue weighted by molar-refractivity contribution is 6.99. The molecule has 0 aromatic heterocycles. The van der Waals surface area contributed by atoms with Gasteiger partial charge in [-0.3, -0.25) is 0 Å². The zero-order valence-corrected chi connectivity index (χ0v) is 20.9. The summed E-state index contributed by atoms with van der Waals surface area (Å²) in [4.78, 5) is 0. The van der Waals surface area contributed by atoms with Crippen molar-refractivity contribution in [2.24, 2.45) is 0 Å². The Morgan fingerprint density at radius 1 is 0.903 bits per heavy atom. The fraction of sp³-hybridized carbons (Fsp3) is 0.429. The SMILES string of the molecule is [3H]C(O)CC/C(C)=C/CC/C(C)=C/CO[Si](c1ccccc1)(c1ccccc1)C(C)(C)C. The first kappa shape index (κ1) is 23.7. The molecule has 0 aliphatic carbocycles. The van der Waals surface area contributed by atoms with Gasteiger partial charge in [-0.25, -0.2) is 0 Å². The van der Waals surface area contributed by atoms with Gasteiger partial charge in [0.2, 0.25) is 0 Å². The van der Waals surface area contributed by atoms with Crippen LogP contribution in [0.25, 0.3) is 0 Å². The Morgan fingerprint density at radius 3 is 1.90 bits per heavy atom. The number of aliphatic hydroxyl groups excluding tert-OH is 1. The van der Waals surface area contributed by atoms with Gasteiger partial charge in [0.1, 0.15) is 0 Å². The molecule has 0 radical (unpaired) electrons. The van der Waals surface area contributed by atoms with E-state index in [4.69, 9.17) is 10.9 Å². The highest BCUT2D eigenvalue weighted by Gasteiger charge is 2.49. The molecular weight excluding hydrogens is 396 g/mol. The van der Waals surface area contributed by atoms with Crippen molar-refractivity contribution in [1.29, 1.82) is 0 Å². The maximum atomic E-state index is 9.12. The van der Waals surface area contributed by atoms with E-state index >= 15 is 0 Å². The maximum absolute atomic E-state index is 9.12. The minimum absolute atomic E-state index is 0.0142. The Kier molecular flexibility index (Phi) is 9.32. The lowest BCUT2D eigenvalue weighted by Gasteiger charge is -2.42. The van der Waals surface area contributed by atoms with E-state index in [1.807, 2.05) is 0 Å². The van der Waals surface area contributed by atoms with Crippen LogP contribution in [-0.2, 0) is 4.43 Å². The lowest BCUT2D eigenvalue weighted by atomic mass is 10.1. The monoisotopic (exact) mass is 438 g/mol. The van der Waals surface area contributed by atoms with E-state index in [0.717, 1.165) is 19.3 Å². The van der Waals surface area contributed by atoms with Crippen LogP contribution in [0.5, 0.6) is 0 Å². The van der Waals surface area contributed by atoms with Gasteiger partial charge in [0.05, 0.1) is 7.98 Å². The minimum atomic E-state index is -2.48. The lowest BCUT2D eigenvalue weighted by Crippen LogP contribution is -2.66. The topological polar surface area (TPSA) is 29.5 Å². The van der Waals surface area contributed by atoms with E-state index in [0.29, 0.717) is 13.0 Å². The molecule has 0 fully saturated rings. The quantitative estimate of drug-likeness (QED) is 0.344. The molecule has 168 valence electrons. The molecule has 1 unspecified atom stereocenters. The molecule has 2 rings (SSSR count). The van der Waals surface area contributed by atoms with E-state index in [2.05, 4.69) is 107 Å². The van der Waals surface area contributed by atoms with Crippen LogP contribution >= 0.6 is 0 Å².